The molecule has 2 aromatic rings. The Bertz CT molecular complexity index is 590. The molecule has 0 unspecified atom stereocenters. The first-order chi connectivity index (χ1) is 9.19. The number of amides is 1. The summed E-state index contributed by atoms with van der Waals surface area (Å²) in [5, 5.41) is 12.1. The van der Waals surface area contributed by atoms with Gasteiger partial charge in [0.05, 0.1) is 6.42 Å². The second kappa shape index (κ2) is 6.24. The highest BCUT2D eigenvalue weighted by Crippen LogP contribution is 2.22. The average molecular weight is 273 g/mol. The molecule has 1 heterocycles. The summed E-state index contributed by atoms with van der Waals surface area (Å²) in [6.45, 7) is 3.92. The lowest BCUT2D eigenvalue weighted by molar-refractivity contribution is -0.115. The molecular formula is C14H15N3OS. The van der Waals surface area contributed by atoms with Crippen LogP contribution in [0.25, 0.3) is 5.57 Å². The van der Waals surface area contributed by atoms with Crippen molar-refractivity contribution in [1.29, 1.82) is 0 Å². The number of hydrogen-bond acceptors (Lipinski definition) is 4. The number of carbonyl (C=O) groups excluding carboxylic acids is 1. The summed E-state index contributed by atoms with van der Waals surface area (Å²) in [6.07, 6.45) is 2.31. The van der Waals surface area contributed by atoms with Crippen LogP contribution in [0.4, 0.5) is 5.13 Å². The van der Waals surface area contributed by atoms with Crippen LogP contribution in [0.2, 0.25) is 0 Å². The predicted octanol–water partition coefficient (Wildman–Crippen LogP) is 3.14. The summed E-state index contributed by atoms with van der Waals surface area (Å²) in [7, 11) is 0. The molecule has 0 aliphatic carbocycles. The van der Waals surface area contributed by atoms with Gasteiger partial charge in [0.1, 0.15) is 5.01 Å². The Morgan fingerprint density at radius 1 is 1.32 bits per heavy atom. The minimum absolute atomic E-state index is 0.0768. The third kappa shape index (κ3) is 3.72. The number of benzene rings is 1. The Hall–Kier alpha value is -2.01. The largest absolute Gasteiger partial charge is 0.300 e. The van der Waals surface area contributed by atoms with Crippen molar-refractivity contribution in [2.75, 3.05) is 5.32 Å². The van der Waals surface area contributed by atoms with Crippen LogP contribution >= 0.6 is 11.3 Å². The van der Waals surface area contributed by atoms with Crippen LogP contribution in [0.3, 0.4) is 0 Å². The number of allylic oxidation sites excluding steroid dienone is 2. The lowest BCUT2D eigenvalue weighted by Crippen LogP contribution is -2.14. The van der Waals surface area contributed by atoms with Crippen molar-refractivity contribution in [2.24, 2.45) is 0 Å². The number of hydrogen-bond donors (Lipinski definition) is 1. The first-order valence-electron chi connectivity index (χ1n) is 5.99. The van der Waals surface area contributed by atoms with Crippen molar-refractivity contribution in [2.45, 2.75) is 20.3 Å². The minimum atomic E-state index is -0.0768. The normalized spacial score (nSPS) is 11.4. The molecule has 0 bridgehead atoms. The third-order valence-electron chi connectivity index (χ3n) is 2.65. The Balaban J connectivity index is 1.98. The molecule has 98 valence electrons. The summed E-state index contributed by atoms with van der Waals surface area (Å²) < 4.78 is 0. The molecule has 0 saturated heterocycles. The van der Waals surface area contributed by atoms with Gasteiger partial charge in [-0.2, -0.15) is 0 Å². The van der Waals surface area contributed by atoms with Gasteiger partial charge in [-0.15, -0.1) is 10.2 Å². The minimum Gasteiger partial charge on any atom is -0.300 e. The van der Waals surface area contributed by atoms with E-state index in [0.29, 0.717) is 11.6 Å². The highest BCUT2D eigenvalue weighted by molar-refractivity contribution is 7.16. The van der Waals surface area contributed by atoms with Gasteiger partial charge in [0.25, 0.3) is 0 Å². The highest BCUT2D eigenvalue weighted by atomic mass is 32.1. The van der Waals surface area contributed by atoms with Crippen molar-refractivity contribution >= 4 is 27.9 Å². The van der Waals surface area contributed by atoms with Crippen molar-refractivity contribution in [3.05, 3.63) is 47.0 Å². The van der Waals surface area contributed by atoms with Crippen molar-refractivity contribution in [3.63, 3.8) is 0 Å². The van der Waals surface area contributed by atoms with Crippen LogP contribution in [0.15, 0.2) is 36.4 Å². The number of carbonyl (C=O) groups is 1. The van der Waals surface area contributed by atoms with Gasteiger partial charge in [-0.1, -0.05) is 47.7 Å². The monoisotopic (exact) mass is 273 g/mol. The van der Waals surface area contributed by atoms with E-state index in [9.17, 15) is 4.79 Å². The Kier molecular flexibility index (Phi) is 4.41. The van der Waals surface area contributed by atoms with Gasteiger partial charge >= 0.3 is 0 Å². The number of aromatic nitrogens is 2. The molecule has 0 atom stereocenters. The predicted molar refractivity (Wildman–Crippen MR) is 78.0 cm³/mol. The second-order valence-corrected chi connectivity index (χ2v) is 5.07. The van der Waals surface area contributed by atoms with Crippen LogP contribution in [0.5, 0.6) is 0 Å². The Morgan fingerprint density at radius 3 is 2.74 bits per heavy atom. The Morgan fingerprint density at radius 2 is 2.05 bits per heavy atom. The van der Waals surface area contributed by atoms with E-state index in [2.05, 4.69) is 15.5 Å². The summed E-state index contributed by atoms with van der Waals surface area (Å²) in [6, 6.07) is 9.62. The summed E-state index contributed by atoms with van der Waals surface area (Å²) in [4.78, 5) is 11.8. The molecule has 1 aromatic heterocycles. The van der Waals surface area contributed by atoms with Crippen LogP contribution < -0.4 is 5.32 Å². The Labute approximate surface area is 116 Å². The maximum absolute atomic E-state index is 11.8. The van der Waals surface area contributed by atoms with Crippen LogP contribution in [-0.2, 0) is 11.2 Å². The fourth-order valence-electron chi connectivity index (χ4n) is 1.50. The van der Waals surface area contributed by atoms with E-state index in [0.717, 1.165) is 16.1 Å². The SMILES string of the molecule is C/C=C(\C)c1nnc(NC(=O)Cc2ccccc2)s1. The summed E-state index contributed by atoms with van der Waals surface area (Å²) >= 11 is 1.38. The van der Waals surface area contributed by atoms with E-state index in [-0.39, 0.29) is 5.91 Å². The molecular weight excluding hydrogens is 258 g/mol. The van der Waals surface area contributed by atoms with Crippen molar-refractivity contribution in [1.82, 2.24) is 10.2 Å². The molecule has 1 aromatic carbocycles. The van der Waals surface area contributed by atoms with Gasteiger partial charge in [0.15, 0.2) is 0 Å². The first kappa shape index (κ1) is 13.4. The molecule has 5 heteroatoms. The molecule has 2 rings (SSSR count). The fourth-order valence-corrected chi connectivity index (χ4v) is 2.29. The van der Waals surface area contributed by atoms with E-state index in [1.165, 1.54) is 11.3 Å². The van der Waals surface area contributed by atoms with Crippen molar-refractivity contribution < 1.29 is 4.79 Å². The van der Waals surface area contributed by atoms with E-state index in [1.807, 2.05) is 50.3 Å². The second-order valence-electron chi connectivity index (χ2n) is 4.09. The topological polar surface area (TPSA) is 54.9 Å². The van der Waals surface area contributed by atoms with Gasteiger partial charge in [-0.3, -0.25) is 4.79 Å². The van der Waals surface area contributed by atoms with E-state index >= 15 is 0 Å². The van der Waals surface area contributed by atoms with E-state index < -0.39 is 0 Å². The maximum atomic E-state index is 11.8. The van der Waals surface area contributed by atoms with Gasteiger partial charge in [0.2, 0.25) is 11.0 Å². The van der Waals surface area contributed by atoms with E-state index in [1.54, 1.807) is 0 Å². The number of rotatable bonds is 4. The lowest BCUT2D eigenvalue weighted by atomic mass is 10.1. The smallest absolute Gasteiger partial charge is 0.230 e. The molecule has 1 amide bonds. The van der Waals surface area contributed by atoms with Gasteiger partial charge in [-0.05, 0) is 25.0 Å². The van der Waals surface area contributed by atoms with Gasteiger partial charge in [0, 0.05) is 0 Å². The summed E-state index contributed by atoms with van der Waals surface area (Å²) in [5.41, 5.74) is 2.04. The quantitative estimate of drug-likeness (QED) is 0.931. The molecule has 0 spiro atoms. The number of nitrogens with zero attached hydrogens (tertiary/aromatic N) is 2. The number of anilines is 1. The molecule has 0 saturated carbocycles. The fraction of sp³-hybridized carbons (Fsp3) is 0.214. The molecule has 4 nitrogen and oxygen atoms in total. The molecule has 0 aliphatic rings. The lowest BCUT2D eigenvalue weighted by Gasteiger charge is -2.00. The van der Waals surface area contributed by atoms with Gasteiger partial charge in [-0.25, -0.2) is 0 Å². The van der Waals surface area contributed by atoms with Crippen LogP contribution in [0.1, 0.15) is 24.4 Å². The average Bonchev–Trinajstić information content (AvgIpc) is 2.87. The molecule has 19 heavy (non-hydrogen) atoms. The zero-order valence-corrected chi connectivity index (χ0v) is 11.7. The number of nitrogens with one attached hydrogen (secondary N) is 1. The zero-order chi connectivity index (χ0) is 13.7. The molecule has 1 N–H and O–H groups in total. The molecule has 0 radical (unpaired) electrons. The molecule has 0 aliphatic heterocycles. The molecule has 0 fully saturated rings. The van der Waals surface area contributed by atoms with E-state index in [4.69, 9.17) is 0 Å². The standard InChI is InChI=1S/C14H15N3OS/c1-3-10(2)13-16-17-14(19-13)15-12(18)9-11-7-5-4-6-8-11/h3-8H,9H2,1-2H3,(H,15,17,18)/b10-3+. The van der Waals surface area contributed by atoms with Crippen molar-refractivity contribution in [3.8, 4) is 0 Å². The zero-order valence-electron chi connectivity index (χ0n) is 10.9. The first-order valence-corrected chi connectivity index (χ1v) is 6.81. The summed E-state index contributed by atoms with van der Waals surface area (Å²) in [5.74, 6) is -0.0768. The van der Waals surface area contributed by atoms with Crippen LogP contribution in [-0.4, -0.2) is 16.1 Å². The van der Waals surface area contributed by atoms with Gasteiger partial charge < -0.3 is 5.32 Å². The third-order valence-corrected chi connectivity index (χ3v) is 3.62. The maximum Gasteiger partial charge on any atom is 0.230 e. The van der Waals surface area contributed by atoms with Crippen LogP contribution in [0, 0.1) is 0 Å². The highest BCUT2D eigenvalue weighted by Gasteiger charge is 2.09.